The molecular formula is C15H22O2. The molecule has 2 nitrogen and oxygen atoms in total. The molecule has 1 aliphatic heterocycles. The SMILES string of the molecule is Cc1ccc(C(C)(O)C2CCOCC2)cc1C. The number of ether oxygens (including phenoxy) is 1. The predicted molar refractivity (Wildman–Crippen MR) is 69.0 cm³/mol. The number of hydrogen-bond acceptors (Lipinski definition) is 2. The number of aliphatic hydroxyl groups is 1. The largest absolute Gasteiger partial charge is 0.385 e. The van der Waals surface area contributed by atoms with Crippen LogP contribution in [0, 0.1) is 19.8 Å². The van der Waals surface area contributed by atoms with E-state index in [1.165, 1.54) is 11.1 Å². The third-order valence-corrected chi connectivity index (χ3v) is 4.11. The molecule has 1 saturated heterocycles. The minimum atomic E-state index is -0.734. The summed E-state index contributed by atoms with van der Waals surface area (Å²) in [6.45, 7) is 7.67. The highest BCUT2D eigenvalue weighted by Gasteiger charge is 2.34. The lowest BCUT2D eigenvalue weighted by Gasteiger charge is -2.36. The molecule has 2 rings (SSSR count). The Morgan fingerprint density at radius 3 is 2.41 bits per heavy atom. The van der Waals surface area contributed by atoms with Crippen molar-refractivity contribution in [1.82, 2.24) is 0 Å². The van der Waals surface area contributed by atoms with Gasteiger partial charge in [-0.05, 0) is 56.2 Å². The second-order valence-corrected chi connectivity index (χ2v) is 5.33. The van der Waals surface area contributed by atoms with E-state index in [-0.39, 0.29) is 0 Å². The quantitative estimate of drug-likeness (QED) is 0.852. The monoisotopic (exact) mass is 234 g/mol. The minimum absolute atomic E-state index is 0.304. The van der Waals surface area contributed by atoms with Crippen LogP contribution in [-0.4, -0.2) is 18.3 Å². The first-order valence-electron chi connectivity index (χ1n) is 6.39. The zero-order valence-corrected chi connectivity index (χ0v) is 11.0. The van der Waals surface area contributed by atoms with Gasteiger partial charge in [0.05, 0.1) is 5.60 Å². The summed E-state index contributed by atoms with van der Waals surface area (Å²) >= 11 is 0. The summed E-state index contributed by atoms with van der Waals surface area (Å²) in [5.41, 5.74) is 2.82. The Kier molecular flexibility index (Phi) is 3.55. The molecular weight excluding hydrogens is 212 g/mol. The van der Waals surface area contributed by atoms with E-state index < -0.39 is 5.60 Å². The van der Waals surface area contributed by atoms with E-state index in [1.807, 2.05) is 6.92 Å². The molecule has 0 amide bonds. The molecule has 1 atom stereocenters. The molecule has 2 heteroatoms. The van der Waals surface area contributed by atoms with Crippen LogP contribution in [0.2, 0.25) is 0 Å². The first kappa shape index (κ1) is 12.6. The van der Waals surface area contributed by atoms with Crippen LogP contribution in [0.4, 0.5) is 0 Å². The normalized spacial score (nSPS) is 21.2. The van der Waals surface area contributed by atoms with Gasteiger partial charge in [0.25, 0.3) is 0 Å². The third-order valence-electron chi connectivity index (χ3n) is 4.11. The van der Waals surface area contributed by atoms with Crippen LogP contribution in [-0.2, 0) is 10.3 Å². The molecule has 0 saturated carbocycles. The fourth-order valence-electron chi connectivity index (χ4n) is 2.55. The molecule has 0 radical (unpaired) electrons. The van der Waals surface area contributed by atoms with Crippen LogP contribution in [0.25, 0.3) is 0 Å². The van der Waals surface area contributed by atoms with Gasteiger partial charge in [-0.3, -0.25) is 0 Å². The molecule has 1 aromatic rings. The lowest BCUT2D eigenvalue weighted by molar-refractivity contribution is -0.0580. The van der Waals surface area contributed by atoms with E-state index in [0.29, 0.717) is 5.92 Å². The van der Waals surface area contributed by atoms with Gasteiger partial charge in [-0.15, -0.1) is 0 Å². The molecule has 1 unspecified atom stereocenters. The zero-order chi connectivity index (χ0) is 12.5. The summed E-state index contributed by atoms with van der Waals surface area (Å²) in [6.07, 6.45) is 1.89. The smallest absolute Gasteiger partial charge is 0.0898 e. The number of aryl methyl sites for hydroxylation is 2. The van der Waals surface area contributed by atoms with E-state index in [2.05, 4.69) is 32.0 Å². The van der Waals surface area contributed by atoms with Crippen LogP contribution in [0.3, 0.4) is 0 Å². The molecule has 17 heavy (non-hydrogen) atoms. The summed E-state index contributed by atoms with van der Waals surface area (Å²) in [6, 6.07) is 6.26. The van der Waals surface area contributed by atoms with Gasteiger partial charge in [-0.25, -0.2) is 0 Å². The first-order chi connectivity index (χ1) is 8.01. The van der Waals surface area contributed by atoms with Crippen molar-refractivity contribution in [1.29, 1.82) is 0 Å². The number of rotatable bonds is 2. The summed E-state index contributed by atoms with van der Waals surface area (Å²) in [4.78, 5) is 0. The Bertz CT molecular complexity index is 390. The third kappa shape index (κ3) is 2.53. The Morgan fingerprint density at radius 2 is 1.82 bits per heavy atom. The van der Waals surface area contributed by atoms with E-state index >= 15 is 0 Å². The van der Waals surface area contributed by atoms with Crippen LogP contribution in [0.15, 0.2) is 18.2 Å². The average Bonchev–Trinajstić information content (AvgIpc) is 2.33. The van der Waals surface area contributed by atoms with Crippen LogP contribution < -0.4 is 0 Å². The van der Waals surface area contributed by atoms with E-state index in [9.17, 15) is 5.11 Å². The van der Waals surface area contributed by atoms with Crippen LogP contribution in [0.1, 0.15) is 36.5 Å². The summed E-state index contributed by atoms with van der Waals surface area (Å²) < 4.78 is 5.36. The molecule has 0 aliphatic carbocycles. The van der Waals surface area contributed by atoms with Crippen molar-refractivity contribution >= 4 is 0 Å². The highest BCUT2D eigenvalue weighted by molar-refractivity contribution is 5.33. The minimum Gasteiger partial charge on any atom is -0.385 e. The van der Waals surface area contributed by atoms with Crippen molar-refractivity contribution in [2.75, 3.05) is 13.2 Å². The Balaban J connectivity index is 2.26. The van der Waals surface area contributed by atoms with E-state index in [4.69, 9.17) is 4.74 Å². The molecule has 0 bridgehead atoms. The maximum atomic E-state index is 10.8. The Hall–Kier alpha value is -0.860. The number of hydrogen-bond donors (Lipinski definition) is 1. The van der Waals surface area contributed by atoms with Gasteiger partial charge in [0.15, 0.2) is 0 Å². The molecule has 1 N–H and O–H groups in total. The Morgan fingerprint density at radius 1 is 1.18 bits per heavy atom. The molecule has 1 fully saturated rings. The van der Waals surface area contributed by atoms with Gasteiger partial charge in [-0.2, -0.15) is 0 Å². The second kappa shape index (κ2) is 4.79. The van der Waals surface area contributed by atoms with Crippen molar-refractivity contribution in [3.05, 3.63) is 34.9 Å². The molecule has 1 aromatic carbocycles. The molecule has 0 spiro atoms. The lowest BCUT2D eigenvalue weighted by atomic mass is 9.78. The zero-order valence-electron chi connectivity index (χ0n) is 11.0. The van der Waals surface area contributed by atoms with Crippen molar-refractivity contribution in [2.24, 2.45) is 5.92 Å². The number of benzene rings is 1. The molecule has 94 valence electrons. The summed E-state index contributed by atoms with van der Waals surface area (Å²) in [5.74, 6) is 0.304. The first-order valence-corrected chi connectivity index (χ1v) is 6.39. The van der Waals surface area contributed by atoms with Crippen molar-refractivity contribution in [2.45, 2.75) is 39.2 Å². The van der Waals surface area contributed by atoms with E-state index in [1.54, 1.807) is 0 Å². The van der Waals surface area contributed by atoms with Gasteiger partial charge in [0, 0.05) is 13.2 Å². The van der Waals surface area contributed by atoms with Crippen molar-refractivity contribution < 1.29 is 9.84 Å². The fraction of sp³-hybridized carbons (Fsp3) is 0.600. The maximum Gasteiger partial charge on any atom is 0.0898 e. The fourth-order valence-corrected chi connectivity index (χ4v) is 2.55. The van der Waals surface area contributed by atoms with Gasteiger partial charge in [0.1, 0.15) is 0 Å². The maximum absolute atomic E-state index is 10.8. The molecule has 1 heterocycles. The van der Waals surface area contributed by atoms with E-state index in [0.717, 1.165) is 31.6 Å². The highest BCUT2D eigenvalue weighted by atomic mass is 16.5. The predicted octanol–water partition coefficient (Wildman–Crippen LogP) is 2.94. The van der Waals surface area contributed by atoms with Gasteiger partial charge in [-0.1, -0.05) is 18.2 Å². The second-order valence-electron chi connectivity index (χ2n) is 5.33. The highest BCUT2D eigenvalue weighted by Crippen LogP contribution is 2.36. The lowest BCUT2D eigenvalue weighted by Crippen LogP contribution is -2.36. The summed E-state index contributed by atoms with van der Waals surface area (Å²) in [5, 5.41) is 10.8. The molecule has 0 aromatic heterocycles. The standard InChI is InChI=1S/C15H22O2/c1-11-4-5-14(10-12(11)2)15(3,16)13-6-8-17-9-7-13/h4-5,10,13,16H,6-9H2,1-3H3. The van der Waals surface area contributed by atoms with Crippen LogP contribution >= 0.6 is 0 Å². The van der Waals surface area contributed by atoms with Crippen LogP contribution in [0.5, 0.6) is 0 Å². The average molecular weight is 234 g/mol. The van der Waals surface area contributed by atoms with Gasteiger partial charge < -0.3 is 9.84 Å². The summed E-state index contributed by atoms with van der Waals surface area (Å²) in [7, 11) is 0. The van der Waals surface area contributed by atoms with Crippen molar-refractivity contribution in [3.8, 4) is 0 Å². The Labute approximate surface area is 104 Å². The van der Waals surface area contributed by atoms with Gasteiger partial charge >= 0.3 is 0 Å². The van der Waals surface area contributed by atoms with Crippen molar-refractivity contribution in [3.63, 3.8) is 0 Å². The topological polar surface area (TPSA) is 29.5 Å². The molecule has 1 aliphatic rings. The van der Waals surface area contributed by atoms with Gasteiger partial charge in [0.2, 0.25) is 0 Å².